The predicted octanol–water partition coefficient (Wildman–Crippen LogP) is 4.07. The Morgan fingerprint density at radius 1 is 1.00 bits per heavy atom. The Balaban J connectivity index is 1.41. The van der Waals surface area contributed by atoms with E-state index >= 15 is 0 Å². The number of benzene rings is 2. The summed E-state index contributed by atoms with van der Waals surface area (Å²) < 4.78 is 6.89. The van der Waals surface area contributed by atoms with Gasteiger partial charge in [-0.25, -0.2) is 4.79 Å². The summed E-state index contributed by atoms with van der Waals surface area (Å²) in [5.74, 6) is -0.887. The van der Waals surface area contributed by atoms with Gasteiger partial charge in [0.15, 0.2) is 12.3 Å². The first-order chi connectivity index (χ1) is 15.5. The molecular weight excluding hydrogens is 406 g/mol. The number of fused-ring (bicyclic) bond motifs is 1. The summed E-state index contributed by atoms with van der Waals surface area (Å²) in [4.78, 5) is 26.9. The maximum Gasteiger partial charge on any atom is 0.340 e. The Morgan fingerprint density at radius 2 is 1.72 bits per heavy atom. The van der Waals surface area contributed by atoms with Crippen LogP contribution in [0.4, 0.5) is 17.1 Å². The molecule has 2 aromatic carbocycles. The summed E-state index contributed by atoms with van der Waals surface area (Å²) in [5.41, 5.74) is 3.55. The molecule has 0 aliphatic rings. The van der Waals surface area contributed by atoms with Crippen molar-refractivity contribution in [3.05, 3.63) is 84.8 Å². The highest BCUT2D eigenvalue weighted by Crippen LogP contribution is 2.23. The van der Waals surface area contributed by atoms with E-state index in [2.05, 4.69) is 15.5 Å². The van der Waals surface area contributed by atoms with E-state index in [1.54, 1.807) is 27.6 Å². The number of amides is 1. The third kappa shape index (κ3) is 4.75. The van der Waals surface area contributed by atoms with Crippen LogP contribution in [0.25, 0.3) is 5.65 Å². The van der Waals surface area contributed by atoms with Crippen LogP contribution in [0.5, 0.6) is 0 Å². The van der Waals surface area contributed by atoms with E-state index in [0.717, 1.165) is 17.1 Å². The average Bonchev–Trinajstić information content (AvgIpc) is 3.27. The van der Waals surface area contributed by atoms with Gasteiger partial charge in [-0.3, -0.25) is 9.20 Å². The Labute approximate surface area is 185 Å². The van der Waals surface area contributed by atoms with Crippen LogP contribution in [0, 0.1) is 0 Å². The zero-order chi connectivity index (χ0) is 22.5. The lowest BCUT2D eigenvalue weighted by Gasteiger charge is -2.27. The number of para-hydroxylation sites is 1. The first-order valence-electron chi connectivity index (χ1n) is 10.2. The summed E-state index contributed by atoms with van der Waals surface area (Å²) in [5, 5.41) is 11.0. The number of hydrogen-bond acceptors (Lipinski definition) is 6. The molecule has 8 heteroatoms. The van der Waals surface area contributed by atoms with Gasteiger partial charge in [0.2, 0.25) is 0 Å². The van der Waals surface area contributed by atoms with Crippen LogP contribution in [-0.2, 0) is 9.53 Å². The van der Waals surface area contributed by atoms with Crippen molar-refractivity contribution in [2.45, 2.75) is 19.9 Å². The molecule has 0 fully saturated rings. The van der Waals surface area contributed by atoms with Crippen molar-refractivity contribution in [3.8, 4) is 0 Å². The van der Waals surface area contributed by atoms with Gasteiger partial charge in [-0.05, 0) is 62.4 Å². The van der Waals surface area contributed by atoms with Crippen LogP contribution in [0.2, 0.25) is 0 Å². The highest BCUT2D eigenvalue weighted by Gasteiger charge is 2.21. The molecule has 0 spiro atoms. The summed E-state index contributed by atoms with van der Waals surface area (Å²) in [7, 11) is 0. The Hall–Kier alpha value is -4.20. The minimum absolute atomic E-state index is 0.109. The van der Waals surface area contributed by atoms with E-state index in [9.17, 15) is 9.59 Å². The van der Waals surface area contributed by atoms with Gasteiger partial charge in [-0.2, -0.15) is 0 Å². The van der Waals surface area contributed by atoms with Crippen LogP contribution in [0.15, 0.2) is 79.3 Å². The normalized spacial score (nSPS) is 10.8. The van der Waals surface area contributed by atoms with Crippen LogP contribution in [-0.4, -0.2) is 39.1 Å². The smallest absolute Gasteiger partial charge is 0.340 e. The molecule has 4 rings (SSSR count). The van der Waals surface area contributed by atoms with Gasteiger partial charge in [0.05, 0.1) is 5.56 Å². The minimum atomic E-state index is -0.583. The minimum Gasteiger partial charge on any atom is -0.452 e. The van der Waals surface area contributed by atoms with Crippen molar-refractivity contribution in [2.75, 3.05) is 16.8 Å². The average molecular weight is 429 g/mol. The molecule has 0 aliphatic heterocycles. The second-order valence-corrected chi connectivity index (χ2v) is 7.49. The van der Waals surface area contributed by atoms with Gasteiger partial charge in [-0.15, -0.1) is 10.2 Å². The lowest BCUT2D eigenvalue weighted by atomic mass is 10.2. The molecule has 2 heterocycles. The van der Waals surface area contributed by atoms with Crippen LogP contribution in [0.1, 0.15) is 24.2 Å². The molecular formula is C24H23N5O3. The highest BCUT2D eigenvalue weighted by atomic mass is 16.5. The molecule has 0 saturated heterocycles. The van der Waals surface area contributed by atoms with Gasteiger partial charge in [0, 0.05) is 29.3 Å². The summed E-state index contributed by atoms with van der Waals surface area (Å²) in [6.07, 6.45) is 3.06. The van der Waals surface area contributed by atoms with E-state index < -0.39 is 5.97 Å². The first kappa shape index (κ1) is 21.0. The molecule has 1 amide bonds. The number of nitrogens with zero attached hydrogens (tertiary/aromatic N) is 4. The van der Waals surface area contributed by atoms with Gasteiger partial charge in [-0.1, -0.05) is 18.2 Å². The van der Waals surface area contributed by atoms with Crippen molar-refractivity contribution in [1.82, 2.24) is 14.6 Å². The van der Waals surface area contributed by atoms with Crippen LogP contribution in [0.3, 0.4) is 0 Å². The fraction of sp³-hybridized carbons (Fsp3) is 0.167. The summed E-state index contributed by atoms with van der Waals surface area (Å²) in [6, 6.07) is 20.5. The molecule has 0 bridgehead atoms. The maximum atomic E-state index is 12.9. The summed E-state index contributed by atoms with van der Waals surface area (Å²) >= 11 is 0. The molecule has 8 nitrogen and oxygen atoms in total. The SMILES string of the molecule is CC(C)N(C(=O)COC(=O)c1ccc2nncn2c1)c1ccc(Nc2ccccc2)cc1. The van der Waals surface area contributed by atoms with Crippen molar-refractivity contribution < 1.29 is 14.3 Å². The van der Waals surface area contributed by atoms with Gasteiger partial charge in [0.25, 0.3) is 5.91 Å². The molecule has 0 radical (unpaired) electrons. The van der Waals surface area contributed by atoms with E-state index in [1.165, 1.54) is 6.33 Å². The van der Waals surface area contributed by atoms with Crippen LogP contribution >= 0.6 is 0 Å². The quantitative estimate of drug-likeness (QED) is 0.446. The monoisotopic (exact) mass is 429 g/mol. The second-order valence-electron chi connectivity index (χ2n) is 7.49. The van der Waals surface area contributed by atoms with Crippen molar-refractivity contribution in [1.29, 1.82) is 0 Å². The molecule has 32 heavy (non-hydrogen) atoms. The van der Waals surface area contributed by atoms with Crippen molar-refractivity contribution in [2.24, 2.45) is 0 Å². The molecule has 1 N–H and O–H groups in total. The zero-order valence-corrected chi connectivity index (χ0v) is 17.8. The number of esters is 1. The highest BCUT2D eigenvalue weighted by molar-refractivity contribution is 5.97. The number of anilines is 3. The van der Waals surface area contributed by atoms with Gasteiger partial charge >= 0.3 is 5.97 Å². The fourth-order valence-corrected chi connectivity index (χ4v) is 3.35. The number of ether oxygens (including phenoxy) is 1. The topological polar surface area (TPSA) is 88.8 Å². The maximum absolute atomic E-state index is 12.9. The molecule has 0 saturated carbocycles. The fourth-order valence-electron chi connectivity index (χ4n) is 3.35. The number of pyridine rings is 1. The number of hydrogen-bond donors (Lipinski definition) is 1. The lowest BCUT2D eigenvalue weighted by molar-refractivity contribution is -0.122. The standard InChI is InChI=1S/C24H23N5O3/c1-17(2)29(21-11-9-20(10-12-21)26-19-6-4-3-5-7-19)23(30)15-32-24(31)18-8-13-22-27-25-16-28(22)14-18/h3-14,16-17,26H,15H2,1-2H3. The number of carbonyl (C=O) groups excluding carboxylic acids is 2. The van der Waals surface area contributed by atoms with E-state index in [4.69, 9.17) is 4.74 Å². The Morgan fingerprint density at radius 3 is 2.44 bits per heavy atom. The van der Waals surface area contributed by atoms with E-state index in [0.29, 0.717) is 11.2 Å². The van der Waals surface area contributed by atoms with E-state index in [-0.39, 0.29) is 18.6 Å². The lowest BCUT2D eigenvalue weighted by Crippen LogP contribution is -2.39. The number of aromatic nitrogens is 3. The van der Waals surface area contributed by atoms with Crippen LogP contribution < -0.4 is 10.2 Å². The third-order valence-electron chi connectivity index (χ3n) is 4.85. The van der Waals surface area contributed by atoms with Gasteiger partial charge in [0.1, 0.15) is 6.33 Å². The molecule has 0 aliphatic carbocycles. The Kier molecular flexibility index (Phi) is 6.12. The largest absolute Gasteiger partial charge is 0.452 e. The predicted molar refractivity (Wildman–Crippen MR) is 122 cm³/mol. The van der Waals surface area contributed by atoms with Crippen molar-refractivity contribution in [3.63, 3.8) is 0 Å². The number of nitrogens with one attached hydrogen (secondary N) is 1. The number of rotatable bonds is 7. The molecule has 162 valence electrons. The number of carbonyl (C=O) groups is 2. The molecule has 4 aromatic rings. The Bertz CT molecular complexity index is 1220. The third-order valence-corrected chi connectivity index (χ3v) is 4.85. The van der Waals surface area contributed by atoms with E-state index in [1.807, 2.05) is 68.4 Å². The second kappa shape index (κ2) is 9.30. The first-order valence-corrected chi connectivity index (χ1v) is 10.2. The van der Waals surface area contributed by atoms with Crippen molar-refractivity contribution >= 4 is 34.6 Å². The molecule has 0 atom stereocenters. The zero-order valence-electron chi connectivity index (χ0n) is 17.8. The van der Waals surface area contributed by atoms with Gasteiger partial charge < -0.3 is 15.0 Å². The summed E-state index contributed by atoms with van der Waals surface area (Å²) in [6.45, 7) is 3.47. The molecule has 0 unspecified atom stereocenters. The molecule has 2 aromatic heterocycles.